The molecular formula is C14H13ClN4S. The third-order valence-electron chi connectivity index (χ3n) is 3.53. The summed E-state index contributed by atoms with van der Waals surface area (Å²) in [7, 11) is 0. The molecule has 0 bridgehead atoms. The molecule has 2 N–H and O–H groups in total. The molecule has 1 aromatic carbocycles. The molecular weight excluding hydrogens is 292 g/mol. The van der Waals surface area contributed by atoms with E-state index in [0.29, 0.717) is 12.6 Å². The Hall–Kier alpha value is -1.43. The number of nitrogens with two attached hydrogens (primary N) is 1. The van der Waals surface area contributed by atoms with Gasteiger partial charge in [-0.25, -0.2) is 9.97 Å². The number of rotatable bonds is 3. The average Bonchev–Trinajstić information content (AvgIpc) is 3.04. The van der Waals surface area contributed by atoms with E-state index in [-0.39, 0.29) is 0 Å². The van der Waals surface area contributed by atoms with Crippen molar-refractivity contribution in [1.29, 1.82) is 0 Å². The maximum atomic E-state index is 6.37. The summed E-state index contributed by atoms with van der Waals surface area (Å²) in [6.45, 7) is 0.467. The minimum atomic E-state index is 0.467. The molecule has 1 saturated carbocycles. The SMILES string of the molecule is NCc1nc(-c2nc3cccc(Cl)c3n2C2CC2)cs1. The van der Waals surface area contributed by atoms with Crippen molar-refractivity contribution in [1.82, 2.24) is 14.5 Å². The van der Waals surface area contributed by atoms with E-state index in [1.54, 1.807) is 11.3 Å². The third-order valence-corrected chi connectivity index (χ3v) is 4.70. The van der Waals surface area contributed by atoms with Crippen molar-refractivity contribution < 1.29 is 0 Å². The number of aromatic nitrogens is 3. The molecule has 1 aliphatic carbocycles. The molecule has 4 nitrogen and oxygen atoms in total. The molecule has 2 aromatic heterocycles. The highest BCUT2D eigenvalue weighted by molar-refractivity contribution is 7.09. The van der Waals surface area contributed by atoms with Gasteiger partial charge in [-0.3, -0.25) is 0 Å². The molecule has 0 amide bonds. The Balaban J connectivity index is 1.98. The summed E-state index contributed by atoms with van der Waals surface area (Å²) >= 11 is 7.95. The van der Waals surface area contributed by atoms with E-state index in [4.69, 9.17) is 22.3 Å². The lowest BCUT2D eigenvalue weighted by Crippen LogP contribution is -1.99. The summed E-state index contributed by atoms with van der Waals surface area (Å²) in [4.78, 5) is 9.30. The molecule has 20 heavy (non-hydrogen) atoms. The molecule has 0 aliphatic heterocycles. The quantitative estimate of drug-likeness (QED) is 0.804. The summed E-state index contributed by atoms with van der Waals surface area (Å²) < 4.78 is 2.24. The van der Waals surface area contributed by atoms with E-state index in [1.807, 2.05) is 23.6 Å². The molecule has 6 heteroatoms. The van der Waals surface area contributed by atoms with Crippen molar-refractivity contribution in [2.75, 3.05) is 0 Å². The first kappa shape index (κ1) is 12.3. The molecule has 1 aliphatic rings. The van der Waals surface area contributed by atoms with Crippen LogP contribution in [-0.2, 0) is 6.54 Å². The molecule has 0 radical (unpaired) electrons. The van der Waals surface area contributed by atoms with Crippen LogP contribution in [0.5, 0.6) is 0 Å². The third kappa shape index (κ3) is 1.85. The number of thiazole rings is 1. The van der Waals surface area contributed by atoms with Gasteiger partial charge in [0.15, 0.2) is 5.82 Å². The van der Waals surface area contributed by atoms with Crippen LogP contribution in [0.3, 0.4) is 0 Å². The van der Waals surface area contributed by atoms with Crippen molar-refractivity contribution in [3.8, 4) is 11.5 Å². The number of hydrogen-bond donors (Lipinski definition) is 1. The second-order valence-electron chi connectivity index (χ2n) is 4.97. The van der Waals surface area contributed by atoms with Gasteiger partial charge in [0.25, 0.3) is 0 Å². The van der Waals surface area contributed by atoms with E-state index < -0.39 is 0 Å². The number of fused-ring (bicyclic) bond motifs is 1. The summed E-state index contributed by atoms with van der Waals surface area (Å²) in [5.41, 5.74) is 8.50. The predicted octanol–water partition coefficient (Wildman–Crippen LogP) is 3.61. The Bertz CT molecular complexity index is 788. The topological polar surface area (TPSA) is 56.7 Å². The zero-order valence-corrected chi connectivity index (χ0v) is 12.3. The van der Waals surface area contributed by atoms with Gasteiger partial charge in [-0.2, -0.15) is 0 Å². The molecule has 2 heterocycles. The summed E-state index contributed by atoms with van der Waals surface area (Å²) in [5.74, 6) is 0.909. The summed E-state index contributed by atoms with van der Waals surface area (Å²) in [5, 5.41) is 3.71. The second kappa shape index (κ2) is 4.55. The van der Waals surface area contributed by atoms with Crippen LogP contribution in [0.4, 0.5) is 0 Å². The first-order chi connectivity index (χ1) is 9.78. The van der Waals surface area contributed by atoms with Crippen LogP contribution in [0.25, 0.3) is 22.6 Å². The Morgan fingerprint density at radius 3 is 2.90 bits per heavy atom. The van der Waals surface area contributed by atoms with Crippen molar-refractivity contribution >= 4 is 34.0 Å². The second-order valence-corrected chi connectivity index (χ2v) is 6.32. The first-order valence-corrected chi connectivity index (χ1v) is 7.85. The maximum absolute atomic E-state index is 6.37. The lowest BCUT2D eigenvalue weighted by molar-refractivity contribution is 0.772. The largest absolute Gasteiger partial charge is 0.325 e. The Morgan fingerprint density at radius 2 is 2.20 bits per heavy atom. The van der Waals surface area contributed by atoms with Crippen molar-refractivity contribution in [2.45, 2.75) is 25.4 Å². The fourth-order valence-corrected chi connectivity index (χ4v) is 3.40. The van der Waals surface area contributed by atoms with Gasteiger partial charge >= 0.3 is 0 Å². The van der Waals surface area contributed by atoms with Crippen LogP contribution < -0.4 is 5.73 Å². The molecule has 4 rings (SSSR count). The van der Waals surface area contributed by atoms with Crippen LogP contribution in [0, 0.1) is 0 Å². The molecule has 102 valence electrons. The Labute approximate surface area is 125 Å². The molecule has 1 fully saturated rings. The highest BCUT2D eigenvalue weighted by atomic mass is 35.5. The lowest BCUT2D eigenvalue weighted by Gasteiger charge is -2.06. The zero-order valence-electron chi connectivity index (χ0n) is 10.7. The summed E-state index contributed by atoms with van der Waals surface area (Å²) in [6, 6.07) is 6.35. The van der Waals surface area contributed by atoms with Crippen LogP contribution in [0.2, 0.25) is 5.02 Å². The zero-order chi connectivity index (χ0) is 13.7. The van der Waals surface area contributed by atoms with Crippen molar-refractivity contribution in [2.24, 2.45) is 5.73 Å². The van der Waals surface area contributed by atoms with Gasteiger partial charge in [-0.1, -0.05) is 17.7 Å². The first-order valence-electron chi connectivity index (χ1n) is 6.59. The molecule has 0 atom stereocenters. The van der Waals surface area contributed by atoms with E-state index >= 15 is 0 Å². The number of benzene rings is 1. The van der Waals surface area contributed by atoms with Crippen LogP contribution in [0.15, 0.2) is 23.6 Å². The van der Waals surface area contributed by atoms with Crippen molar-refractivity contribution in [3.63, 3.8) is 0 Å². The predicted molar refractivity (Wildman–Crippen MR) is 82.0 cm³/mol. The smallest absolute Gasteiger partial charge is 0.160 e. The van der Waals surface area contributed by atoms with Gasteiger partial charge in [0, 0.05) is 18.0 Å². The van der Waals surface area contributed by atoms with Crippen LogP contribution in [0.1, 0.15) is 23.9 Å². The van der Waals surface area contributed by atoms with Gasteiger partial charge in [0.05, 0.1) is 16.1 Å². The van der Waals surface area contributed by atoms with Gasteiger partial charge < -0.3 is 10.3 Å². The number of imidazole rings is 1. The lowest BCUT2D eigenvalue weighted by atomic mass is 10.3. The van der Waals surface area contributed by atoms with Gasteiger partial charge in [0.1, 0.15) is 10.7 Å². The minimum Gasteiger partial charge on any atom is -0.325 e. The molecule has 0 unspecified atom stereocenters. The normalized spacial score (nSPS) is 15.1. The van der Waals surface area contributed by atoms with E-state index in [1.165, 1.54) is 12.8 Å². The molecule has 3 aromatic rings. The number of nitrogens with zero attached hydrogens (tertiary/aromatic N) is 3. The van der Waals surface area contributed by atoms with E-state index in [9.17, 15) is 0 Å². The van der Waals surface area contributed by atoms with E-state index in [2.05, 4.69) is 9.55 Å². The van der Waals surface area contributed by atoms with Gasteiger partial charge in [-0.05, 0) is 25.0 Å². The average molecular weight is 305 g/mol. The molecule has 0 spiro atoms. The Kier molecular flexibility index (Phi) is 2.80. The standard InChI is InChI=1S/C14H13ClN4S/c15-9-2-1-3-10-13(9)19(8-4-5-8)14(18-10)11-7-20-12(6-16)17-11/h1-3,7-8H,4-6,16H2. The Morgan fingerprint density at radius 1 is 1.35 bits per heavy atom. The molecule has 0 saturated heterocycles. The summed E-state index contributed by atoms with van der Waals surface area (Å²) in [6.07, 6.45) is 2.36. The fourth-order valence-electron chi connectivity index (χ4n) is 2.48. The fraction of sp³-hybridized carbons (Fsp3) is 0.286. The van der Waals surface area contributed by atoms with Crippen molar-refractivity contribution in [3.05, 3.63) is 33.6 Å². The van der Waals surface area contributed by atoms with Gasteiger partial charge in [-0.15, -0.1) is 11.3 Å². The monoisotopic (exact) mass is 304 g/mol. The number of para-hydroxylation sites is 1. The highest BCUT2D eigenvalue weighted by Crippen LogP contribution is 2.42. The minimum absolute atomic E-state index is 0.467. The van der Waals surface area contributed by atoms with Crippen LogP contribution >= 0.6 is 22.9 Å². The maximum Gasteiger partial charge on any atom is 0.160 e. The number of halogens is 1. The van der Waals surface area contributed by atoms with Gasteiger partial charge in [0.2, 0.25) is 0 Å². The highest BCUT2D eigenvalue weighted by Gasteiger charge is 2.30. The van der Waals surface area contributed by atoms with E-state index in [0.717, 1.165) is 32.6 Å². The number of hydrogen-bond acceptors (Lipinski definition) is 4. The van der Waals surface area contributed by atoms with Crippen LogP contribution in [-0.4, -0.2) is 14.5 Å².